The van der Waals surface area contributed by atoms with Crippen molar-refractivity contribution in [3.63, 3.8) is 0 Å². The van der Waals surface area contributed by atoms with Gasteiger partial charge in [0.25, 0.3) is 5.91 Å². The quantitative estimate of drug-likeness (QED) is 0.602. The highest BCUT2D eigenvalue weighted by Crippen LogP contribution is 2.32. The Labute approximate surface area is 178 Å². The van der Waals surface area contributed by atoms with Crippen molar-refractivity contribution in [3.05, 3.63) is 54.7 Å². The van der Waals surface area contributed by atoms with Crippen molar-refractivity contribution in [1.82, 2.24) is 5.16 Å². The fraction of sp³-hybridized carbons (Fsp3) is 0.190. The molecule has 1 aliphatic rings. The summed E-state index contributed by atoms with van der Waals surface area (Å²) < 4.78 is 36.2. The molecular weight excluding hydrogens is 422 g/mol. The lowest BCUT2D eigenvalue weighted by atomic mass is 10.1. The van der Waals surface area contributed by atoms with Gasteiger partial charge in [-0.15, -0.1) is 0 Å². The third kappa shape index (κ3) is 4.43. The molecule has 0 radical (unpaired) electrons. The SMILES string of the molecule is C[C@H](CC(=O)Nc1cccc(-c2ccno2)c1)S(=O)(=O)c1ccc2c(c1)NC(=O)CO2. The van der Waals surface area contributed by atoms with E-state index in [1.54, 1.807) is 24.3 Å². The van der Waals surface area contributed by atoms with Crippen molar-refractivity contribution in [2.45, 2.75) is 23.5 Å². The van der Waals surface area contributed by atoms with Crippen LogP contribution >= 0.6 is 0 Å². The van der Waals surface area contributed by atoms with E-state index in [1.807, 2.05) is 6.07 Å². The van der Waals surface area contributed by atoms with E-state index >= 15 is 0 Å². The van der Waals surface area contributed by atoms with E-state index in [0.717, 1.165) is 5.56 Å². The Morgan fingerprint density at radius 1 is 1.23 bits per heavy atom. The van der Waals surface area contributed by atoms with Crippen LogP contribution in [0.15, 0.2) is 64.1 Å². The van der Waals surface area contributed by atoms with E-state index in [-0.39, 0.29) is 23.8 Å². The number of nitrogens with zero attached hydrogens (tertiary/aromatic N) is 1. The van der Waals surface area contributed by atoms with Gasteiger partial charge in [0.05, 0.1) is 22.0 Å². The van der Waals surface area contributed by atoms with Crippen LogP contribution in [0.4, 0.5) is 11.4 Å². The number of ether oxygens (including phenoxy) is 1. The fourth-order valence-electron chi connectivity index (χ4n) is 3.17. The Morgan fingerprint density at radius 3 is 2.84 bits per heavy atom. The van der Waals surface area contributed by atoms with Gasteiger partial charge in [0.15, 0.2) is 22.2 Å². The van der Waals surface area contributed by atoms with Gasteiger partial charge >= 0.3 is 0 Å². The monoisotopic (exact) mass is 441 g/mol. The Kier molecular flexibility index (Phi) is 5.47. The van der Waals surface area contributed by atoms with Gasteiger partial charge in [0.2, 0.25) is 5.91 Å². The van der Waals surface area contributed by atoms with E-state index in [1.165, 1.54) is 31.3 Å². The van der Waals surface area contributed by atoms with Gasteiger partial charge in [0, 0.05) is 23.7 Å². The number of hydrogen-bond acceptors (Lipinski definition) is 7. The number of nitrogens with one attached hydrogen (secondary N) is 2. The molecule has 160 valence electrons. The molecule has 4 rings (SSSR count). The minimum absolute atomic E-state index is 0.00432. The number of rotatable bonds is 6. The smallest absolute Gasteiger partial charge is 0.262 e. The van der Waals surface area contributed by atoms with Crippen LogP contribution in [-0.2, 0) is 19.4 Å². The molecule has 10 heteroatoms. The van der Waals surface area contributed by atoms with Crippen LogP contribution < -0.4 is 15.4 Å². The van der Waals surface area contributed by atoms with Gasteiger partial charge in [0.1, 0.15) is 5.75 Å². The highest BCUT2D eigenvalue weighted by atomic mass is 32.2. The van der Waals surface area contributed by atoms with Crippen molar-refractivity contribution < 1.29 is 27.3 Å². The third-order valence-corrected chi connectivity index (χ3v) is 6.92. The first-order valence-electron chi connectivity index (χ1n) is 9.44. The molecule has 2 aromatic carbocycles. The minimum atomic E-state index is -3.81. The predicted octanol–water partition coefficient (Wildman–Crippen LogP) is 2.86. The Balaban J connectivity index is 1.46. The van der Waals surface area contributed by atoms with Gasteiger partial charge < -0.3 is 19.9 Å². The van der Waals surface area contributed by atoms with Crippen molar-refractivity contribution in [2.75, 3.05) is 17.2 Å². The maximum absolute atomic E-state index is 12.9. The van der Waals surface area contributed by atoms with Gasteiger partial charge in [-0.1, -0.05) is 17.3 Å². The zero-order valence-electron chi connectivity index (χ0n) is 16.5. The van der Waals surface area contributed by atoms with Crippen LogP contribution in [0.3, 0.4) is 0 Å². The summed E-state index contributed by atoms with van der Waals surface area (Å²) >= 11 is 0. The number of aromatic nitrogens is 1. The molecule has 0 aliphatic carbocycles. The molecule has 0 saturated heterocycles. The molecular formula is C21H19N3O6S. The zero-order valence-corrected chi connectivity index (χ0v) is 17.3. The highest BCUT2D eigenvalue weighted by Gasteiger charge is 2.28. The summed E-state index contributed by atoms with van der Waals surface area (Å²) in [5, 5.41) is 7.97. The average Bonchev–Trinajstić information content (AvgIpc) is 3.28. The standard InChI is InChI=1S/C21H19N3O6S/c1-13(31(27,28)16-5-6-19-17(11-16)24-21(26)12-29-19)9-20(25)23-15-4-2-3-14(10-15)18-7-8-22-30-18/h2-8,10-11,13H,9,12H2,1H3,(H,23,25)(H,24,26)/t13-/m1/s1. The maximum atomic E-state index is 12.9. The van der Waals surface area contributed by atoms with Gasteiger partial charge in [-0.05, 0) is 37.3 Å². The molecule has 9 nitrogen and oxygen atoms in total. The highest BCUT2D eigenvalue weighted by molar-refractivity contribution is 7.92. The van der Waals surface area contributed by atoms with Gasteiger partial charge in [-0.2, -0.15) is 0 Å². The number of benzene rings is 2. The molecule has 31 heavy (non-hydrogen) atoms. The van der Waals surface area contributed by atoms with Crippen LogP contribution in [0, 0.1) is 0 Å². The molecule has 2 amide bonds. The average molecular weight is 441 g/mol. The second-order valence-corrected chi connectivity index (χ2v) is 9.43. The number of hydrogen-bond donors (Lipinski definition) is 2. The molecule has 2 heterocycles. The summed E-state index contributed by atoms with van der Waals surface area (Å²) in [4.78, 5) is 24.0. The number of amides is 2. The van der Waals surface area contributed by atoms with Crippen LogP contribution in [0.5, 0.6) is 5.75 Å². The number of carbonyl (C=O) groups excluding carboxylic acids is 2. The number of fused-ring (bicyclic) bond motifs is 1. The topological polar surface area (TPSA) is 128 Å². The van der Waals surface area contributed by atoms with Crippen molar-refractivity contribution in [3.8, 4) is 17.1 Å². The van der Waals surface area contributed by atoms with Gasteiger partial charge in [-0.25, -0.2) is 8.42 Å². The first-order valence-corrected chi connectivity index (χ1v) is 11.0. The van der Waals surface area contributed by atoms with Gasteiger partial charge in [-0.3, -0.25) is 9.59 Å². The van der Waals surface area contributed by atoms with E-state index in [2.05, 4.69) is 15.8 Å². The zero-order chi connectivity index (χ0) is 22.0. The van der Waals surface area contributed by atoms with E-state index in [9.17, 15) is 18.0 Å². The summed E-state index contributed by atoms with van der Waals surface area (Å²) in [6, 6.07) is 12.9. The van der Waals surface area contributed by atoms with Crippen LogP contribution in [0.1, 0.15) is 13.3 Å². The van der Waals surface area contributed by atoms with Crippen LogP contribution in [0.25, 0.3) is 11.3 Å². The summed E-state index contributed by atoms with van der Waals surface area (Å²) in [5.41, 5.74) is 1.53. The Morgan fingerprint density at radius 2 is 2.06 bits per heavy atom. The minimum Gasteiger partial charge on any atom is -0.482 e. The second-order valence-electron chi connectivity index (χ2n) is 7.06. The first kappa shape index (κ1) is 20.6. The molecule has 0 saturated carbocycles. The van der Waals surface area contributed by atoms with Crippen molar-refractivity contribution in [1.29, 1.82) is 0 Å². The lowest BCUT2D eigenvalue weighted by Gasteiger charge is -2.19. The van der Waals surface area contributed by atoms with E-state index < -0.39 is 21.0 Å². The third-order valence-electron chi connectivity index (χ3n) is 4.78. The molecule has 2 N–H and O–H groups in total. The largest absolute Gasteiger partial charge is 0.482 e. The molecule has 0 unspecified atom stereocenters. The molecule has 0 bridgehead atoms. The van der Waals surface area contributed by atoms with Crippen LogP contribution in [0.2, 0.25) is 0 Å². The Hall–Kier alpha value is -3.66. The second kappa shape index (κ2) is 8.23. The summed E-state index contributed by atoms with van der Waals surface area (Å²) in [6.45, 7) is 1.35. The Bertz CT molecular complexity index is 1240. The summed E-state index contributed by atoms with van der Waals surface area (Å²) in [7, 11) is -3.81. The number of carbonyl (C=O) groups is 2. The van der Waals surface area contributed by atoms with E-state index in [0.29, 0.717) is 22.9 Å². The maximum Gasteiger partial charge on any atom is 0.262 e. The normalized spacial score (nSPS) is 14.2. The lowest BCUT2D eigenvalue weighted by Crippen LogP contribution is -2.27. The van der Waals surface area contributed by atoms with Crippen molar-refractivity contribution >= 4 is 33.0 Å². The van der Waals surface area contributed by atoms with Crippen molar-refractivity contribution in [2.24, 2.45) is 0 Å². The lowest BCUT2D eigenvalue weighted by molar-refractivity contribution is -0.118. The van der Waals surface area contributed by atoms with Crippen LogP contribution in [-0.4, -0.2) is 37.2 Å². The molecule has 0 fully saturated rings. The molecule has 1 atom stereocenters. The molecule has 0 spiro atoms. The molecule has 3 aromatic rings. The molecule has 1 aromatic heterocycles. The first-order chi connectivity index (χ1) is 14.8. The summed E-state index contributed by atoms with van der Waals surface area (Å²) in [5.74, 6) is 0.147. The predicted molar refractivity (Wildman–Crippen MR) is 112 cm³/mol. The number of sulfone groups is 1. The van der Waals surface area contributed by atoms with E-state index in [4.69, 9.17) is 9.26 Å². The fourth-order valence-corrected chi connectivity index (χ4v) is 4.54. The number of anilines is 2. The molecule has 1 aliphatic heterocycles. The summed E-state index contributed by atoms with van der Waals surface area (Å²) in [6.07, 6.45) is 1.28.